The average Bonchev–Trinajstić information content (AvgIpc) is 2.38. The first kappa shape index (κ1) is 13.3. The van der Waals surface area contributed by atoms with Gasteiger partial charge in [0.25, 0.3) is 0 Å². The molecule has 0 amide bonds. The van der Waals surface area contributed by atoms with E-state index in [1.807, 2.05) is 13.8 Å². The number of aryl methyl sites for hydroxylation is 2. The minimum atomic E-state index is -0.310. The van der Waals surface area contributed by atoms with Gasteiger partial charge in [-0.05, 0) is 45.0 Å². The first-order valence-corrected chi connectivity index (χ1v) is 6.32. The van der Waals surface area contributed by atoms with E-state index in [4.69, 9.17) is 4.74 Å². The van der Waals surface area contributed by atoms with Gasteiger partial charge in [0.05, 0.1) is 17.9 Å². The Balaban J connectivity index is 2.40. The number of pyridine rings is 1. The Labute approximate surface area is 113 Å². The molecule has 0 radical (unpaired) electrons. The van der Waals surface area contributed by atoms with E-state index in [1.165, 1.54) is 11.1 Å². The number of nitrogens with zero attached hydrogens (tertiary/aromatic N) is 1. The van der Waals surface area contributed by atoms with Crippen molar-refractivity contribution in [2.75, 3.05) is 6.61 Å². The van der Waals surface area contributed by atoms with Crippen LogP contribution in [-0.4, -0.2) is 17.6 Å². The van der Waals surface area contributed by atoms with Crippen molar-refractivity contribution in [2.24, 2.45) is 0 Å². The Morgan fingerprint density at radius 1 is 1.16 bits per heavy atom. The zero-order chi connectivity index (χ0) is 13.8. The molecule has 0 saturated carbocycles. The molecule has 2 rings (SSSR count). The van der Waals surface area contributed by atoms with Gasteiger partial charge in [0.15, 0.2) is 0 Å². The van der Waals surface area contributed by atoms with Gasteiger partial charge in [-0.2, -0.15) is 0 Å². The second-order valence-corrected chi connectivity index (χ2v) is 4.53. The zero-order valence-electron chi connectivity index (χ0n) is 11.4. The molecule has 0 bridgehead atoms. The van der Waals surface area contributed by atoms with E-state index >= 15 is 0 Å². The van der Waals surface area contributed by atoms with Crippen LogP contribution in [0.25, 0.3) is 11.3 Å². The SMILES string of the molecule is CCOC(=O)c1ccnc(-c2cc(C)cc(C)c2)c1. The lowest BCUT2D eigenvalue weighted by molar-refractivity contribution is 0.0526. The highest BCUT2D eigenvalue weighted by molar-refractivity contribution is 5.90. The summed E-state index contributed by atoms with van der Waals surface area (Å²) in [5.41, 5.74) is 4.70. The molecule has 98 valence electrons. The molecule has 0 atom stereocenters. The molecule has 3 nitrogen and oxygen atoms in total. The number of benzene rings is 1. The number of carbonyl (C=O) groups is 1. The molecule has 1 heterocycles. The molecule has 0 fully saturated rings. The number of hydrogen-bond acceptors (Lipinski definition) is 3. The van der Waals surface area contributed by atoms with Crippen LogP contribution in [0.4, 0.5) is 0 Å². The molecule has 0 aliphatic rings. The summed E-state index contributed by atoms with van der Waals surface area (Å²) < 4.78 is 5.00. The molecule has 0 unspecified atom stereocenters. The number of esters is 1. The molecule has 1 aromatic heterocycles. The largest absolute Gasteiger partial charge is 0.462 e. The second-order valence-electron chi connectivity index (χ2n) is 4.53. The van der Waals surface area contributed by atoms with Gasteiger partial charge in [-0.25, -0.2) is 4.79 Å². The zero-order valence-corrected chi connectivity index (χ0v) is 11.4. The van der Waals surface area contributed by atoms with E-state index in [0.717, 1.165) is 11.3 Å². The topological polar surface area (TPSA) is 39.2 Å². The van der Waals surface area contributed by atoms with Crippen LogP contribution in [0, 0.1) is 13.8 Å². The van der Waals surface area contributed by atoms with Crippen molar-refractivity contribution in [1.29, 1.82) is 0 Å². The summed E-state index contributed by atoms with van der Waals surface area (Å²) in [6.45, 7) is 6.27. The molecule has 0 aliphatic heterocycles. The first-order chi connectivity index (χ1) is 9.10. The van der Waals surface area contributed by atoms with Gasteiger partial charge in [-0.3, -0.25) is 4.98 Å². The minimum absolute atomic E-state index is 0.310. The Morgan fingerprint density at radius 3 is 2.47 bits per heavy atom. The summed E-state index contributed by atoms with van der Waals surface area (Å²) in [6.07, 6.45) is 1.64. The lowest BCUT2D eigenvalue weighted by Gasteiger charge is -2.06. The minimum Gasteiger partial charge on any atom is -0.462 e. The van der Waals surface area contributed by atoms with Gasteiger partial charge in [-0.15, -0.1) is 0 Å². The second kappa shape index (κ2) is 5.65. The molecule has 0 spiro atoms. The average molecular weight is 255 g/mol. The number of aromatic nitrogens is 1. The van der Waals surface area contributed by atoms with Crippen molar-refractivity contribution in [3.05, 3.63) is 53.2 Å². The normalized spacial score (nSPS) is 10.3. The van der Waals surface area contributed by atoms with E-state index in [2.05, 4.69) is 23.2 Å². The van der Waals surface area contributed by atoms with E-state index in [0.29, 0.717) is 12.2 Å². The fraction of sp³-hybridized carbons (Fsp3) is 0.250. The van der Waals surface area contributed by atoms with Crippen LogP contribution in [0.15, 0.2) is 36.5 Å². The molecular weight excluding hydrogens is 238 g/mol. The van der Waals surface area contributed by atoms with Crippen molar-refractivity contribution >= 4 is 5.97 Å². The smallest absolute Gasteiger partial charge is 0.338 e. The van der Waals surface area contributed by atoms with Crippen molar-refractivity contribution in [3.63, 3.8) is 0 Å². The molecule has 0 saturated heterocycles. The highest BCUT2D eigenvalue weighted by Gasteiger charge is 2.09. The Morgan fingerprint density at radius 2 is 1.84 bits per heavy atom. The summed E-state index contributed by atoms with van der Waals surface area (Å²) in [6, 6.07) is 9.67. The lowest BCUT2D eigenvalue weighted by atomic mass is 10.0. The fourth-order valence-electron chi connectivity index (χ4n) is 2.05. The summed E-state index contributed by atoms with van der Waals surface area (Å²) in [5.74, 6) is -0.310. The van der Waals surface area contributed by atoms with Crippen LogP contribution in [0.2, 0.25) is 0 Å². The highest BCUT2D eigenvalue weighted by atomic mass is 16.5. The number of hydrogen-bond donors (Lipinski definition) is 0. The van der Waals surface area contributed by atoms with Crippen molar-refractivity contribution in [2.45, 2.75) is 20.8 Å². The van der Waals surface area contributed by atoms with Crippen molar-refractivity contribution in [3.8, 4) is 11.3 Å². The van der Waals surface area contributed by atoms with Gasteiger partial charge in [-0.1, -0.05) is 17.2 Å². The third kappa shape index (κ3) is 3.19. The Kier molecular flexibility index (Phi) is 3.95. The maximum atomic E-state index is 11.7. The maximum absolute atomic E-state index is 11.7. The summed E-state index contributed by atoms with van der Waals surface area (Å²) in [4.78, 5) is 16.0. The molecule has 0 aliphatic carbocycles. The van der Waals surface area contributed by atoms with Crippen LogP contribution in [-0.2, 0) is 4.74 Å². The van der Waals surface area contributed by atoms with E-state index < -0.39 is 0 Å². The lowest BCUT2D eigenvalue weighted by Crippen LogP contribution is -2.05. The highest BCUT2D eigenvalue weighted by Crippen LogP contribution is 2.21. The first-order valence-electron chi connectivity index (χ1n) is 6.32. The third-order valence-corrected chi connectivity index (χ3v) is 2.79. The quantitative estimate of drug-likeness (QED) is 0.787. The van der Waals surface area contributed by atoms with E-state index in [9.17, 15) is 4.79 Å². The fourth-order valence-corrected chi connectivity index (χ4v) is 2.05. The number of rotatable bonds is 3. The van der Waals surface area contributed by atoms with Crippen LogP contribution >= 0.6 is 0 Å². The van der Waals surface area contributed by atoms with Gasteiger partial charge in [0, 0.05) is 11.8 Å². The molecule has 2 aromatic rings. The summed E-state index contributed by atoms with van der Waals surface area (Å²) in [5, 5.41) is 0. The maximum Gasteiger partial charge on any atom is 0.338 e. The number of carbonyl (C=O) groups excluding carboxylic acids is 1. The Bertz CT molecular complexity index is 585. The van der Waals surface area contributed by atoms with E-state index in [1.54, 1.807) is 25.3 Å². The van der Waals surface area contributed by atoms with Crippen LogP contribution < -0.4 is 0 Å². The van der Waals surface area contributed by atoms with E-state index in [-0.39, 0.29) is 5.97 Å². The third-order valence-electron chi connectivity index (χ3n) is 2.79. The van der Waals surface area contributed by atoms with Crippen molar-refractivity contribution < 1.29 is 9.53 Å². The van der Waals surface area contributed by atoms with Crippen LogP contribution in [0.5, 0.6) is 0 Å². The summed E-state index contributed by atoms with van der Waals surface area (Å²) >= 11 is 0. The molecule has 19 heavy (non-hydrogen) atoms. The van der Waals surface area contributed by atoms with Gasteiger partial charge >= 0.3 is 5.97 Å². The van der Waals surface area contributed by atoms with Crippen molar-refractivity contribution in [1.82, 2.24) is 4.98 Å². The molecule has 3 heteroatoms. The van der Waals surface area contributed by atoms with Crippen LogP contribution in [0.1, 0.15) is 28.4 Å². The van der Waals surface area contributed by atoms with Gasteiger partial charge in [0.2, 0.25) is 0 Å². The molecular formula is C16H17NO2. The summed E-state index contributed by atoms with van der Waals surface area (Å²) in [7, 11) is 0. The molecule has 1 aromatic carbocycles. The van der Waals surface area contributed by atoms with Gasteiger partial charge < -0.3 is 4.74 Å². The number of ether oxygens (including phenoxy) is 1. The van der Waals surface area contributed by atoms with Gasteiger partial charge in [0.1, 0.15) is 0 Å². The predicted molar refractivity (Wildman–Crippen MR) is 75.1 cm³/mol. The van der Waals surface area contributed by atoms with Crippen LogP contribution in [0.3, 0.4) is 0 Å². The predicted octanol–water partition coefficient (Wildman–Crippen LogP) is 3.54. The Hall–Kier alpha value is -2.16. The monoisotopic (exact) mass is 255 g/mol. The molecule has 0 N–H and O–H groups in total. The standard InChI is InChI=1S/C16H17NO2/c1-4-19-16(18)13-5-6-17-15(10-13)14-8-11(2)7-12(3)9-14/h5-10H,4H2,1-3H3.